The molecule has 1 fully saturated rings. The summed E-state index contributed by atoms with van der Waals surface area (Å²) < 4.78 is 0. The smallest absolute Gasteiger partial charge is 0.243 e. The number of hydrogen-bond donors (Lipinski definition) is 2. The highest BCUT2D eigenvalue weighted by Gasteiger charge is 2.22. The molecule has 0 saturated carbocycles. The molecule has 5 heteroatoms. The average molecular weight is 327 g/mol. The number of amides is 1. The van der Waals surface area contributed by atoms with E-state index in [0.717, 1.165) is 37.9 Å². The lowest BCUT2D eigenvalue weighted by atomic mass is 10.1. The Morgan fingerprint density at radius 3 is 3.12 bits per heavy atom. The minimum absolute atomic E-state index is 0.119. The van der Waals surface area contributed by atoms with Crippen LogP contribution in [0.15, 0.2) is 30.3 Å². The van der Waals surface area contributed by atoms with Gasteiger partial charge in [0.25, 0.3) is 0 Å². The maximum Gasteiger partial charge on any atom is 0.243 e. The maximum atomic E-state index is 11.8. The van der Waals surface area contributed by atoms with Crippen LogP contribution in [-0.2, 0) is 4.79 Å². The number of benzene rings is 1. The van der Waals surface area contributed by atoms with Gasteiger partial charge in [-0.1, -0.05) is 12.1 Å². The van der Waals surface area contributed by atoms with Crippen molar-refractivity contribution < 1.29 is 9.90 Å². The largest absolute Gasteiger partial charge is 0.395 e. The lowest BCUT2D eigenvalue weighted by Gasteiger charge is -2.22. The molecule has 1 unspecified atom stereocenters. The fourth-order valence-corrected chi connectivity index (χ4v) is 2.99. The van der Waals surface area contributed by atoms with Crippen molar-refractivity contribution in [3.05, 3.63) is 41.5 Å². The van der Waals surface area contributed by atoms with Crippen molar-refractivity contribution in [2.75, 3.05) is 26.2 Å². The van der Waals surface area contributed by atoms with E-state index in [4.69, 9.17) is 5.26 Å². The lowest BCUT2D eigenvalue weighted by Crippen LogP contribution is -2.33. The van der Waals surface area contributed by atoms with Crippen molar-refractivity contribution in [2.45, 2.75) is 31.7 Å². The van der Waals surface area contributed by atoms with Gasteiger partial charge in [0.2, 0.25) is 5.91 Å². The molecule has 1 aromatic rings. The first-order valence-corrected chi connectivity index (χ1v) is 8.54. The van der Waals surface area contributed by atoms with E-state index in [1.807, 2.05) is 6.07 Å². The molecule has 0 aromatic heterocycles. The number of carbonyl (C=O) groups is 1. The van der Waals surface area contributed by atoms with Crippen molar-refractivity contribution in [3.8, 4) is 6.07 Å². The second kappa shape index (κ2) is 9.86. The summed E-state index contributed by atoms with van der Waals surface area (Å²) in [7, 11) is 0. The van der Waals surface area contributed by atoms with Crippen molar-refractivity contribution in [2.24, 2.45) is 0 Å². The number of aliphatic hydroxyl groups is 1. The van der Waals surface area contributed by atoms with Gasteiger partial charge in [0.15, 0.2) is 0 Å². The van der Waals surface area contributed by atoms with Gasteiger partial charge in [0.1, 0.15) is 0 Å². The van der Waals surface area contributed by atoms with Crippen molar-refractivity contribution in [1.82, 2.24) is 10.2 Å². The molecule has 0 spiro atoms. The van der Waals surface area contributed by atoms with Gasteiger partial charge in [0, 0.05) is 18.7 Å². The van der Waals surface area contributed by atoms with Crippen LogP contribution in [0, 0.1) is 11.3 Å². The Kier molecular flexibility index (Phi) is 7.47. The summed E-state index contributed by atoms with van der Waals surface area (Å²) >= 11 is 0. The molecule has 1 heterocycles. The van der Waals surface area contributed by atoms with Crippen LogP contribution in [0.2, 0.25) is 0 Å². The molecule has 2 N–H and O–H groups in total. The Balaban J connectivity index is 1.63. The van der Waals surface area contributed by atoms with Gasteiger partial charge in [-0.2, -0.15) is 5.26 Å². The lowest BCUT2D eigenvalue weighted by molar-refractivity contribution is -0.116. The van der Waals surface area contributed by atoms with Crippen LogP contribution in [0.3, 0.4) is 0 Å². The van der Waals surface area contributed by atoms with Crippen LogP contribution in [0.1, 0.15) is 36.8 Å². The van der Waals surface area contributed by atoms with E-state index in [-0.39, 0.29) is 12.5 Å². The first-order chi connectivity index (χ1) is 11.7. The van der Waals surface area contributed by atoms with Crippen LogP contribution in [-0.4, -0.2) is 48.2 Å². The Bertz CT molecular complexity index is 607. The van der Waals surface area contributed by atoms with Crippen LogP contribution < -0.4 is 5.32 Å². The molecule has 1 saturated heterocycles. The van der Waals surface area contributed by atoms with E-state index in [1.54, 1.807) is 24.3 Å². The molecule has 128 valence electrons. The zero-order valence-electron chi connectivity index (χ0n) is 13.9. The van der Waals surface area contributed by atoms with Crippen LogP contribution >= 0.6 is 0 Å². The van der Waals surface area contributed by atoms with Crippen LogP contribution in [0.5, 0.6) is 0 Å². The summed E-state index contributed by atoms with van der Waals surface area (Å²) in [4.78, 5) is 14.1. The SMILES string of the molecule is N#Cc1cccc(/C=C/C(=O)NCCCCN2CCCC2CO)c1. The Morgan fingerprint density at radius 1 is 1.46 bits per heavy atom. The molecule has 1 amide bonds. The van der Waals surface area contributed by atoms with Gasteiger partial charge in [-0.3, -0.25) is 9.69 Å². The minimum Gasteiger partial charge on any atom is -0.395 e. The predicted molar refractivity (Wildman–Crippen MR) is 94.1 cm³/mol. The monoisotopic (exact) mass is 327 g/mol. The summed E-state index contributed by atoms with van der Waals surface area (Å²) in [5.74, 6) is -0.119. The topological polar surface area (TPSA) is 76.4 Å². The molecule has 5 nitrogen and oxygen atoms in total. The molecule has 1 aliphatic rings. The molecule has 0 bridgehead atoms. The Labute approximate surface area is 143 Å². The molecule has 1 aromatic carbocycles. The second-order valence-electron chi connectivity index (χ2n) is 6.08. The van der Waals surface area contributed by atoms with E-state index in [2.05, 4.69) is 16.3 Å². The third-order valence-corrected chi connectivity index (χ3v) is 4.32. The van der Waals surface area contributed by atoms with E-state index in [1.165, 1.54) is 12.5 Å². The number of likely N-dealkylation sites (tertiary alicyclic amines) is 1. The van der Waals surface area contributed by atoms with E-state index >= 15 is 0 Å². The number of aliphatic hydroxyl groups excluding tert-OH is 1. The van der Waals surface area contributed by atoms with Crippen LogP contribution in [0.25, 0.3) is 6.08 Å². The molecular formula is C19H25N3O2. The highest BCUT2D eigenvalue weighted by Crippen LogP contribution is 2.16. The second-order valence-corrected chi connectivity index (χ2v) is 6.08. The first-order valence-electron chi connectivity index (χ1n) is 8.54. The number of nitrogens with one attached hydrogen (secondary N) is 1. The molecule has 0 aliphatic carbocycles. The summed E-state index contributed by atoms with van der Waals surface area (Å²) in [6.45, 7) is 2.95. The van der Waals surface area contributed by atoms with Gasteiger partial charge in [0.05, 0.1) is 18.2 Å². The Morgan fingerprint density at radius 2 is 2.33 bits per heavy atom. The van der Waals surface area contributed by atoms with E-state index in [0.29, 0.717) is 18.2 Å². The minimum atomic E-state index is -0.119. The maximum absolute atomic E-state index is 11.8. The standard InChI is InChI=1S/C19H25N3O2/c20-14-17-6-3-5-16(13-17)8-9-19(24)21-10-1-2-11-22-12-4-7-18(22)15-23/h3,5-6,8-9,13,18,23H,1-2,4,7,10-12,15H2,(H,21,24)/b9-8+. The number of unbranched alkanes of at least 4 members (excludes halogenated alkanes) is 1. The summed E-state index contributed by atoms with van der Waals surface area (Å²) in [5, 5.41) is 21.0. The fourth-order valence-electron chi connectivity index (χ4n) is 2.99. The Hall–Kier alpha value is -2.16. The quantitative estimate of drug-likeness (QED) is 0.565. The summed E-state index contributed by atoms with van der Waals surface area (Å²) in [6.07, 6.45) is 7.42. The van der Waals surface area contributed by atoms with Gasteiger partial charge in [-0.25, -0.2) is 0 Å². The zero-order chi connectivity index (χ0) is 17.2. The van der Waals surface area contributed by atoms with Gasteiger partial charge in [-0.15, -0.1) is 0 Å². The third kappa shape index (κ3) is 5.80. The van der Waals surface area contributed by atoms with Gasteiger partial charge < -0.3 is 10.4 Å². The zero-order valence-corrected chi connectivity index (χ0v) is 13.9. The van der Waals surface area contributed by atoms with Gasteiger partial charge in [-0.05, 0) is 62.5 Å². The number of nitrogens with zero attached hydrogens (tertiary/aromatic N) is 2. The summed E-state index contributed by atoms with van der Waals surface area (Å²) in [5.41, 5.74) is 1.42. The number of carbonyl (C=O) groups excluding carboxylic acids is 1. The molecule has 24 heavy (non-hydrogen) atoms. The van der Waals surface area contributed by atoms with Crippen LogP contribution in [0.4, 0.5) is 0 Å². The van der Waals surface area contributed by atoms with Crippen molar-refractivity contribution in [3.63, 3.8) is 0 Å². The predicted octanol–water partition coefficient (Wildman–Crippen LogP) is 1.92. The highest BCUT2D eigenvalue weighted by molar-refractivity contribution is 5.91. The van der Waals surface area contributed by atoms with E-state index in [9.17, 15) is 9.90 Å². The summed E-state index contributed by atoms with van der Waals surface area (Å²) in [6, 6.07) is 9.55. The average Bonchev–Trinajstić information content (AvgIpc) is 3.07. The van der Waals surface area contributed by atoms with E-state index < -0.39 is 0 Å². The molecular weight excluding hydrogens is 302 g/mol. The van der Waals surface area contributed by atoms with Crippen molar-refractivity contribution >= 4 is 12.0 Å². The highest BCUT2D eigenvalue weighted by atomic mass is 16.3. The van der Waals surface area contributed by atoms with Crippen molar-refractivity contribution in [1.29, 1.82) is 5.26 Å². The number of hydrogen-bond acceptors (Lipinski definition) is 4. The van der Waals surface area contributed by atoms with Gasteiger partial charge >= 0.3 is 0 Å². The third-order valence-electron chi connectivity index (χ3n) is 4.32. The first kappa shape index (κ1) is 18.2. The molecule has 1 atom stereocenters. The molecule has 1 aliphatic heterocycles. The number of nitriles is 1. The molecule has 0 radical (unpaired) electrons. The normalized spacial score (nSPS) is 17.9. The molecule has 2 rings (SSSR count). The number of rotatable bonds is 8. The fraction of sp³-hybridized carbons (Fsp3) is 0.474.